The molecular weight excluding hydrogens is 314 g/mol. The van der Waals surface area contributed by atoms with Crippen LogP contribution in [0.1, 0.15) is 46.5 Å². The van der Waals surface area contributed by atoms with E-state index in [1.54, 1.807) is 6.92 Å². The van der Waals surface area contributed by atoms with Crippen LogP contribution in [0.25, 0.3) is 0 Å². The predicted octanol–water partition coefficient (Wildman–Crippen LogP) is 0.887. The van der Waals surface area contributed by atoms with Crippen molar-refractivity contribution in [3.05, 3.63) is 0 Å². The number of nitrogens with zero attached hydrogens (tertiary/aromatic N) is 1. The molecule has 0 spiro atoms. The fourth-order valence-corrected chi connectivity index (χ4v) is 3.09. The zero-order chi connectivity index (χ0) is 18.0. The smallest absolute Gasteiger partial charge is 0.307 e. The maximum atomic E-state index is 12.1. The van der Waals surface area contributed by atoms with E-state index in [2.05, 4.69) is 0 Å². The van der Waals surface area contributed by atoms with Crippen LogP contribution in [0.5, 0.6) is 0 Å². The molecule has 0 aromatic carbocycles. The minimum absolute atomic E-state index is 0.0468. The maximum Gasteiger partial charge on any atom is 0.307 e. The third kappa shape index (κ3) is 3.71. The number of Topliss-reactive ketones (excluding diaryl/α,β-unsaturated/α-hetero) is 2. The van der Waals surface area contributed by atoms with Gasteiger partial charge in [0.2, 0.25) is 17.9 Å². The van der Waals surface area contributed by atoms with Crippen LogP contribution in [-0.2, 0) is 28.7 Å². The third-order valence-electron chi connectivity index (χ3n) is 4.64. The summed E-state index contributed by atoms with van der Waals surface area (Å²) in [6.07, 6.45) is -0.762. The average Bonchev–Trinajstić information content (AvgIpc) is 2.91. The first kappa shape index (κ1) is 18.3. The summed E-state index contributed by atoms with van der Waals surface area (Å²) in [5.74, 6) is -2.42. The molecule has 0 aromatic heterocycles. The third-order valence-corrected chi connectivity index (χ3v) is 4.64. The highest BCUT2D eigenvalue weighted by Gasteiger charge is 2.42. The number of esters is 1. The van der Waals surface area contributed by atoms with Gasteiger partial charge in [0.05, 0.1) is 0 Å². The van der Waals surface area contributed by atoms with Crippen molar-refractivity contribution < 1.29 is 28.7 Å². The summed E-state index contributed by atoms with van der Waals surface area (Å²) in [4.78, 5) is 60.3. The van der Waals surface area contributed by atoms with Gasteiger partial charge in [0, 0.05) is 37.6 Å². The summed E-state index contributed by atoms with van der Waals surface area (Å²) in [5, 5.41) is 0. The molecule has 3 atom stereocenters. The Balaban J connectivity index is 1.79. The highest BCUT2D eigenvalue weighted by Crippen LogP contribution is 2.26. The van der Waals surface area contributed by atoms with Gasteiger partial charge < -0.3 is 4.74 Å². The molecule has 7 nitrogen and oxygen atoms in total. The molecule has 3 unspecified atom stereocenters. The molecule has 1 aliphatic heterocycles. The summed E-state index contributed by atoms with van der Waals surface area (Å²) in [6.45, 7) is 5.57. The zero-order valence-electron chi connectivity index (χ0n) is 14.2. The fourth-order valence-electron chi connectivity index (χ4n) is 3.09. The Labute approximate surface area is 140 Å². The summed E-state index contributed by atoms with van der Waals surface area (Å²) < 4.78 is 4.96. The minimum atomic E-state index is -1.28. The molecule has 7 heteroatoms. The van der Waals surface area contributed by atoms with Crippen LogP contribution in [0, 0.1) is 17.8 Å². The van der Waals surface area contributed by atoms with E-state index in [9.17, 15) is 24.0 Å². The van der Waals surface area contributed by atoms with E-state index >= 15 is 0 Å². The number of carbonyl (C=O) groups is 5. The number of ketones is 2. The highest BCUT2D eigenvalue weighted by molar-refractivity contribution is 6.13. The topological polar surface area (TPSA) is 97.8 Å². The number of rotatable bonds is 6. The molecule has 1 heterocycles. The molecule has 0 bridgehead atoms. The van der Waals surface area contributed by atoms with Crippen molar-refractivity contribution in [1.82, 2.24) is 4.90 Å². The van der Waals surface area contributed by atoms with Gasteiger partial charge in [0.15, 0.2) is 11.6 Å². The second-order valence-electron chi connectivity index (χ2n) is 6.89. The number of hydrogen-bond donors (Lipinski definition) is 0. The molecule has 132 valence electrons. The monoisotopic (exact) mass is 337 g/mol. The zero-order valence-corrected chi connectivity index (χ0v) is 14.2. The summed E-state index contributed by atoms with van der Waals surface area (Å²) in [7, 11) is 0. The standard InChI is InChI=1S/C17H23NO6/c1-9(2)11-8-13(20)18(17(11)23)6-4-5-14(21)24-16-12(19)7-10(3)15(16)22/h9-11,16H,4-8H2,1-3H3. The summed E-state index contributed by atoms with van der Waals surface area (Å²) in [6, 6.07) is 0. The highest BCUT2D eigenvalue weighted by atomic mass is 16.6. The molecule has 24 heavy (non-hydrogen) atoms. The molecule has 2 rings (SSSR count). The molecule has 0 N–H and O–H groups in total. The van der Waals surface area contributed by atoms with Gasteiger partial charge >= 0.3 is 5.97 Å². The Morgan fingerprint density at radius 3 is 2.38 bits per heavy atom. The Hall–Kier alpha value is -2.05. The predicted molar refractivity (Wildman–Crippen MR) is 82.6 cm³/mol. The van der Waals surface area contributed by atoms with Crippen molar-refractivity contribution in [3.8, 4) is 0 Å². The lowest BCUT2D eigenvalue weighted by Crippen LogP contribution is -2.33. The van der Waals surface area contributed by atoms with Crippen molar-refractivity contribution in [3.63, 3.8) is 0 Å². The normalized spacial score (nSPS) is 27.5. The second-order valence-corrected chi connectivity index (χ2v) is 6.89. The quantitative estimate of drug-likeness (QED) is 0.405. The van der Waals surface area contributed by atoms with Crippen LogP contribution < -0.4 is 0 Å². The van der Waals surface area contributed by atoms with Crippen LogP contribution in [0.4, 0.5) is 0 Å². The first-order valence-electron chi connectivity index (χ1n) is 8.32. The molecule has 2 aliphatic rings. The van der Waals surface area contributed by atoms with Gasteiger partial charge in [-0.15, -0.1) is 0 Å². The molecule has 1 aliphatic carbocycles. The van der Waals surface area contributed by atoms with Gasteiger partial charge in [-0.25, -0.2) is 0 Å². The number of amides is 2. The van der Waals surface area contributed by atoms with Crippen LogP contribution in [0.15, 0.2) is 0 Å². The van der Waals surface area contributed by atoms with Crippen molar-refractivity contribution in [2.45, 2.75) is 52.6 Å². The van der Waals surface area contributed by atoms with Crippen LogP contribution in [-0.4, -0.2) is 46.9 Å². The molecule has 2 amide bonds. The van der Waals surface area contributed by atoms with Crippen LogP contribution >= 0.6 is 0 Å². The van der Waals surface area contributed by atoms with E-state index in [0.717, 1.165) is 0 Å². The van der Waals surface area contributed by atoms with Gasteiger partial charge in [-0.1, -0.05) is 20.8 Å². The lowest BCUT2D eigenvalue weighted by atomic mass is 9.94. The fraction of sp³-hybridized carbons (Fsp3) is 0.706. The number of likely N-dealkylation sites (tertiary alicyclic amines) is 1. The van der Waals surface area contributed by atoms with Crippen molar-refractivity contribution >= 4 is 29.4 Å². The molecule has 0 radical (unpaired) electrons. The van der Waals surface area contributed by atoms with E-state index in [4.69, 9.17) is 4.74 Å². The van der Waals surface area contributed by atoms with Gasteiger partial charge in [0.1, 0.15) is 0 Å². The van der Waals surface area contributed by atoms with E-state index in [1.807, 2.05) is 13.8 Å². The average molecular weight is 337 g/mol. The Bertz CT molecular complexity index is 582. The Morgan fingerprint density at radius 1 is 1.21 bits per heavy atom. The largest absolute Gasteiger partial charge is 0.446 e. The van der Waals surface area contributed by atoms with E-state index in [-0.39, 0.29) is 67.4 Å². The lowest BCUT2D eigenvalue weighted by molar-refractivity contribution is -0.158. The number of imide groups is 1. The first-order chi connectivity index (χ1) is 11.2. The first-order valence-corrected chi connectivity index (χ1v) is 8.32. The van der Waals surface area contributed by atoms with Crippen LogP contribution in [0.2, 0.25) is 0 Å². The van der Waals surface area contributed by atoms with E-state index < -0.39 is 18.0 Å². The maximum absolute atomic E-state index is 12.1. The SMILES string of the molecule is CC1CC(=O)C(OC(=O)CCCN2C(=O)CC(C(C)C)C2=O)C1=O. The van der Waals surface area contributed by atoms with Gasteiger partial charge in [-0.3, -0.25) is 28.9 Å². The molecule has 1 saturated heterocycles. The Kier molecular flexibility index (Phi) is 5.51. The van der Waals surface area contributed by atoms with Crippen molar-refractivity contribution in [1.29, 1.82) is 0 Å². The van der Waals surface area contributed by atoms with E-state index in [0.29, 0.717) is 0 Å². The van der Waals surface area contributed by atoms with Gasteiger partial charge in [-0.2, -0.15) is 0 Å². The van der Waals surface area contributed by atoms with Crippen LogP contribution in [0.3, 0.4) is 0 Å². The molecular formula is C17H23NO6. The summed E-state index contributed by atoms with van der Waals surface area (Å²) >= 11 is 0. The van der Waals surface area contributed by atoms with Crippen molar-refractivity contribution in [2.24, 2.45) is 17.8 Å². The second kappa shape index (κ2) is 7.23. The Morgan fingerprint density at radius 2 is 1.88 bits per heavy atom. The molecule has 1 saturated carbocycles. The number of carbonyl (C=O) groups excluding carboxylic acids is 5. The summed E-state index contributed by atoms with van der Waals surface area (Å²) in [5.41, 5.74) is 0. The van der Waals surface area contributed by atoms with E-state index in [1.165, 1.54) is 4.90 Å². The lowest BCUT2D eigenvalue weighted by Gasteiger charge is -2.16. The molecule has 2 fully saturated rings. The van der Waals surface area contributed by atoms with Gasteiger partial charge in [0.25, 0.3) is 0 Å². The number of ether oxygens (including phenoxy) is 1. The number of hydrogen-bond acceptors (Lipinski definition) is 6. The van der Waals surface area contributed by atoms with Gasteiger partial charge in [-0.05, 0) is 12.3 Å². The van der Waals surface area contributed by atoms with Crippen molar-refractivity contribution in [2.75, 3.05) is 6.54 Å². The molecule has 0 aromatic rings. The minimum Gasteiger partial charge on any atom is -0.446 e.